The van der Waals surface area contributed by atoms with Crippen LogP contribution in [0, 0.1) is 5.82 Å². The van der Waals surface area contributed by atoms with Gasteiger partial charge in [-0.15, -0.1) is 0 Å². The fourth-order valence-corrected chi connectivity index (χ4v) is 1.96. The van der Waals surface area contributed by atoms with Gasteiger partial charge in [0.1, 0.15) is 5.82 Å². The van der Waals surface area contributed by atoms with Crippen LogP contribution in [0.4, 0.5) is 4.39 Å². The van der Waals surface area contributed by atoms with Gasteiger partial charge >= 0.3 is 0 Å². The molecule has 0 aliphatic rings. The summed E-state index contributed by atoms with van der Waals surface area (Å²) in [7, 11) is 0. The SMILES string of the molecule is NCC(Cc1ccccc1)NC(=O)c1ccc(F)cc1. The van der Waals surface area contributed by atoms with E-state index in [1.807, 2.05) is 30.3 Å². The molecule has 104 valence electrons. The summed E-state index contributed by atoms with van der Waals surface area (Å²) in [5, 5.41) is 2.86. The topological polar surface area (TPSA) is 55.1 Å². The number of hydrogen-bond donors (Lipinski definition) is 2. The summed E-state index contributed by atoms with van der Waals surface area (Å²) in [6.45, 7) is 0.349. The third-order valence-corrected chi connectivity index (χ3v) is 3.05. The molecule has 1 atom stereocenters. The maximum atomic E-state index is 12.8. The van der Waals surface area contributed by atoms with Crippen molar-refractivity contribution in [3.05, 3.63) is 71.5 Å². The van der Waals surface area contributed by atoms with E-state index in [9.17, 15) is 9.18 Å². The van der Waals surface area contributed by atoms with Crippen LogP contribution < -0.4 is 11.1 Å². The van der Waals surface area contributed by atoms with Crippen molar-refractivity contribution in [1.29, 1.82) is 0 Å². The molecule has 2 aromatic carbocycles. The molecule has 2 rings (SSSR count). The molecule has 0 aliphatic carbocycles. The first-order chi connectivity index (χ1) is 9.69. The molecule has 0 saturated heterocycles. The Kier molecular flexibility index (Phi) is 4.85. The van der Waals surface area contributed by atoms with Gasteiger partial charge in [-0.1, -0.05) is 30.3 Å². The van der Waals surface area contributed by atoms with Gasteiger partial charge in [0, 0.05) is 18.2 Å². The molecule has 1 unspecified atom stereocenters. The zero-order valence-electron chi connectivity index (χ0n) is 11.1. The number of carbonyl (C=O) groups is 1. The molecule has 0 radical (unpaired) electrons. The molecule has 0 heterocycles. The Morgan fingerprint density at radius 2 is 1.75 bits per heavy atom. The smallest absolute Gasteiger partial charge is 0.251 e. The van der Waals surface area contributed by atoms with Gasteiger partial charge in [-0.2, -0.15) is 0 Å². The Balaban J connectivity index is 1.99. The maximum Gasteiger partial charge on any atom is 0.251 e. The highest BCUT2D eigenvalue weighted by atomic mass is 19.1. The third kappa shape index (κ3) is 3.90. The molecule has 1 amide bonds. The van der Waals surface area contributed by atoms with E-state index in [1.165, 1.54) is 24.3 Å². The summed E-state index contributed by atoms with van der Waals surface area (Å²) in [6, 6.07) is 15.1. The molecule has 2 aromatic rings. The third-order valence-electron chi connectivity index (χ3n) is 3.05. The Hall–Kier alpha value is -2.20. The summed E-state index contributed by atoms with van der Waals surface area (Å²) < 4.78 is 12.8. The molecule has 0 saturated carbocycles. The minimum Gasteiger partial charge on any atom is -0.348 e. The van der Waals surface area contributed by atoms with E-state index in [-0.39, 0.29) is 17.8 Å². The molecule has 20 heavy (non-hydrogen) atoms. The van der Waals surface area contributed by atoms with E-state index in [0.717, 1.165) is 5.56 Å². The van der Waals surface area contributed by atoms with Crippen LogP contribution in [0.15, 0.2) is 54.6 Å². The highest BCUT2D eigenvalue weighted by Gasteiger charge is 2.13. The van der Waals surface area contributed by atoms with Gasteiger partial charge in [0.25, 0.3) is 5.91 Å². The second-order valence-corrected chi connectivity index (χ2v) is 4.60. The fraction of sp³-hybridized carbons (Fsp3) is 0.188. The van der Waals surface area contributed by atoms with Crippen molar-refractivity contribution in [1.82, 2.24) is 5.32 Å². The average molecular weight is 272 g/mol. The van der Waals surface area contributed by atoms with Gasteiger partial charge < -0.3 is 11.1 Å². The van der Waals surface area contributed by atoms with Gasteiger partial charge in [0.05, 0.1) is 0 Å². The highest BCUT2D eigenvalue weighted by Crippen LogP contribution is 2.06. The summed E-state index contributed by atoms with van der Waals surface area (Å²) in [6.07, 6.45) is 0.671. The Morgan fingerprint density at radius 3 is 2.35 bits per heavy atom. The minimum atomic E-state index is -0.360. The van der Waals surface area contributed by atoms with E-state index in [0.29, 0.717) is 18.5 Å². The van der Waals surface area contributed by atoms with Crippen molar-refractivity contribution >= 4 is 5.91 Å². The molecule has 3 N–H and O–H groups in total. The number of nitrogens with one attached hydrogen (secondary N) is 1. The van der Waals surface area contributed by atoms with Crippen LogP contribution in [0.1, 0.15) is 15.9 Å². The fourth-order valence-electron chi connectivity index (χ4n) is 1.96. The van der Waals surface area contributed by atoms with E-state index < -0.39 is 0 Å². The average Bonchev–Trinajstić information content (AvgIpc) is 2.48. The zero-order chi connectivity index (χ0) is 14.4. The van der Waals surface area contributed by atoms with Crippen LogP contribution in [0.3, 0.4) is 0 Å². The highest BCUT2D eigenvalue weighted by molar-refractivity contribution is 5.94. The number of carbonyl (C=O) groups excluding carboxylic acids is 1. The monoisotopic (exact) mass is 272 g/mol. The van der Waals surface area contributed by atoms with Crippen molar-refractivity contribution in [2.75, 3.05) is 6.54 Å². The summed E-state index contributed by atoms with van der Waals surface area (Å²) in [5.41, 5.74) is 7.24. The van der Waals surface area contributed by atoms with Crippen molar-refractivity contribution in [2.45, 2.75) is 12.5 Å². The largest absolute Gasteiger partial charge is 0.348 e. The molecule has 3 nitrogen and oxygen atoms in total. The first kappa shape index (κ1) is 14.2. The molecule has 0 aromatic heterocycles. The van der Waals surface area contributed by atoms with E-state index in [4.69, 9.17) is 5.73 Å². The molecular formula is C16H17FN2O. The van der Waals surface area contributed by atoms with E-state index >= 15 is 0 Å². The van der Waals surface area contributed by atoms with Crippen LogP contribution in [-0.4, -0.2) is 18.5 Å². The lowest BCUT2D eigenvalue weighted by atomic mass is 10.1. The lowest BCUT2D eigenvalue weighted by Crippen LogP contribution is -2.41. The number of rotatable bonds is 5. The second kappa shape index (κ2) is 6.82. The quantitative estimate of drug-likeness (QED) is 0.876. The van der Waals surface area contributed by atoms with E-state index in [1.54, 1.807) is 0 Å². The maximum absolute atomic E-state index is 12.8. The van der Waals surface area contributed by atoms with Gasteiger partial charge in [0.15, 0.2) is 0 Å². The Bertz CT molecular complexity index is 554. The van der Waals surface area contributed by atoms with E-state index in [2.05, 4.69) is 5.32 Å². The molecule has 0 spiro atoms. The molecular weight excluding hydrogens is 255 g/mol. The zero-order valence-corrected chi connectivity index (χ0v) is 11.1. The van der Waals surface area contributed by atoms with Gasteiger partial charge in [-0.25, -0.2) is 4.39 Å². The van der Waals surface area contributed by atoms with Gasteiger partial charge in [-0.05, 0) is 36.2 Å². The van der Waals surface area contributed by atoms with Gasteiger partial charge in [-0.3, -0.25) is 4.79 Å². The van der Waals surface area contributed by atoms with Crippen molar-refractivity contribution in [3.63, 3.8) is 0 Å². The lowest BCUT2D eigenvalue weighted by Gasteiger charge is -2.17. The van der Waals surface area contributed by atoms with Crippen molar-refractivity contribution in [3.8, 4) is 0 Å². The number of amides is 1. The normalized spacial score (nSPS) is 11.9. The van der Waals surface area contributed by atoms with Crippen LogP contribution in [0.25, 0.3) is 0 Å². The number of benzene rings is 2. The van der Waals surface area contributed by atoms with Crippen LogP contribution in [-0.2, 0) is 6.42 Å². The second-order valence-electron chi connectivity index (χ2n) is 4.60. The standard InChI is InChI=1S/C16H17FN2O/c17-14-8-6-13(7-9-14)16(20)19-15(11-18)10-12-4-2-1-3-5-12/h1-9,15H,10-11,18H2,(H,19,20). The van der Waals surface area contributed by atoms with Crippen molar-refractivity contribution < 1.29 is 9.18 Å². The van der Waals surface area contributed by atoms with Crippen LogP contribution in [0.2, 0.25) is 0 Å². The molecule has 0 fully saturated rings. The Labute approximate surface area is 117 Å². The minimum absolute atomic E-state index is 0.144. The van der Waals surface area contributed by atoms with Gasteiger partial charge in [0.2, 0.25) is 0 Å². The Morgan fingerprint density at radius 1 is 1.10 bits per heavy atom. The van der Waals surface area contributed by atoms with Crippen molar-refractivity contribution in [2.24, 2.45) is 5.73 Å². The van der Waals surface area contributed by atoms with Crippen LogP contribution >= 0.6 is 0 Å². The summed E-state index contributed by atoms with van der Waals surface area (Å²) in [5.74, 6) is -0.599. The molecule has 0 aliphatic heterocycles. The number of nitrogens with two attached hydrogens (primary N) is 1. The number of hydrogen-bond acceptors (Lipinski definition) is 2. The molecule has 4 heteroatoms. The summed E-state index contributed by atoms with van der Waals surface area (Å²) in [4.78, 5) is 12.0. The number of halogens is 1. The van der Waals surface area contributed by atoms with Crippen LogP contribution in [0.5, 0.6) is 0 Å². The first-order valence-corrected chi connectivity index (χ1v) is 6.49. The summed E-state index contributed by atoms with van der Waals surface area (Å²) >= 11 is 0. The predicted octanol–water partition coefficient (Wildman–Crippen LogP) is 2.13. The first-order valence-electron chi connectivity index (χ1n) is 6.49. The molecule has 0 bridgehead atoms. The predicted molar refractivity (Wildman–Crippen MR) is 76.9 cm³/mol. The lowest BCUT2D eigenvalue weighted by molar-refractivity contribution is 0.0938.